The van der Waals surface area contributed by atoms with E-state index in [1.54, 1.807) is 0 Å². The molecule has 1 nitrogen and oxygen atoms in total. The molecule has 0 radical (unpaired) electrons. The van der Waals surface area contributed by atoms with Crippen LogP contribution in [0.25, 0.3) is 0 Å². The molecule has 0 unspecified atom stereocenters. The molecule has 2 aliphatic carbocycles. The minimum absolute atomic E-state index is 0.0906. The van der Waals surface area contributed by atoms with Crippen molar-refractivity contribution in [3.05, 3.63) is 0 Å². The summed E-state index contributed by atoms with van der Waals surface area (Å²) in [5.74, 6) is 1.70. The zero-order valence-electron chi connectivity index (χ0n) is 5.85. The fraction of sp³-hybridized carbons (Fsp3) is 0.875. The lowest BCUT2D eigenvalue weighted by atomic mass is 9.90. The van der Waals surface area contributed by atoms with Crippen LogP contribution in [0.5, 0.6) is 0 Å². The maximum atomic E-state index is 10.8. The molecule has 2 fully saturated rings. The molecule has 0 aliphatic heterocycles. The molecule has 56 valence electrons. The van der Waals surface area contributed by atoms with E-state index in [1.165, 1.54) is 19.3 Å². The van der Waals surface area contributed by atoms with Crippen LogP contribution in [-0.4, -0.2) is 5.24 Å². The summed E-state index contributed by atoms with van der Waals surface area (Å²) in [4.78, 5) is 10.8. The largest absolute Gasteiger partial charge is 0.281 e. The topological polar surface area (TPSA) is 17.1 Å². The molecular formula is C8H11ClO. The lowest BCUT2D eigenvalue weighted by Crippen LogP contribution is -2.16. The molecule has 0 aromatic carbocycles. The molecule has 2 saturated carbocycles. The maximum absolute atomic E-state index is 10.8. The summed E-state index contributed by atoms with van der Waals surface area (Å²) >= 11 is 5.44. The van der Waals surface area contributed by atoms with Gasteiger partial charge in [-0.05, 0) is 42.7 Å². The van der Waals surface area contributed by atoms with Crippen molar-refractivity contribution in [2.45, 2.75) is 25.7 Å². The van der Waals surface area contributed by atoms with Crippen molar-refractivity contribution in [1.82, 2.24) is 0 Å². The molecule has 10 heavy (non-hydrogen) atoms. The van der Waals surface area contributed by atoms with E-state index in [9.17, 15) is 4.79 Å². The number of carbonyl (C=O) groups is 1. The summed E-state index contributed by atoms with van der Waals surface area (Å²) in [5, 5.41) is -0.0906. The van der Waals surface area contributed by atoms with E-state index in [1.807, 2.05) is 0 Å². The monoisotopic (exact) mass is 158 g/mol. The Labute approximate surface area is 65.7 Å². The Bertz CT molecular complexity index is 167. The zero-order chi connectivity index (χ0) is 7.14. The van der Waals surface area contributed by atoms with Crippen molar-refractivity contribution >= 4 is 16.8 Å². The predicted molar refractivity (Wildman–Crippen MR) is 39.8 cm³/mol. The molecule has 0 aromatic heterocycles. The Hall–Kier alpha value is -0.0400. The Kier molecular flexibility index (Phi) is 1.48. The summed E-state index contributed by atoms with van der Waals surface area (Å²) in [6.45, 7) is 0. The summed E-state index contributed by atoms with van der Waals surface area (Å²) in [5.41, 5.74) is 0. The summed E-state index contributed by atoms with van der Waals surface area (Å²) < 4.78 is 0. The molecule has 2 rings (SSSR count). The smallest absolute Gasteiger partial charge is 0.225 e. The first-order valence-electron chi connectivity index (χ1n) is 3.96. The third-order valence-corrected chi connectivity index (χ3v) is 3.31. The first-order valence-corrected chi connectivity index (χ1v) is 4.34. The van der Waals surface area contributed by atoms with E-state index < -0.39 is 0 Å². The molecule has 2 aliphatic rings. The van der Waals surface area contributed by atoms with Crippen LogP contribution in [0.3, 0.4) is 0 Å². The van der Waals surface area contributed by atoms with Crippen LogP contribution in [0.4, 0.5) is 0 Å². The van der Waals surface area contributed by atoms with Crippen molar-refractivity contribution in [2.75, 3.05) is 0 Å². The second-order valence-corrected chi connectivity index (χ2v) is 3.96. The number of hydrogen-bond acceptors (Lipinski definition) is 1. The van der Waals surface area contributed by atoms with Crippen molar-refractivity contribution in [3.8, 4) is 0 Å². The number of rotatable bonds is 1. The van der Waals surface area contributed by atoms with E-state index in [0.29, 0.717) is 5.92 Å². The molecule has 2 bridgehead atoms. The van der Waals surface area contributed by atoms with Gasteiger partial charge in [0.05, 0.1) is 0 Å². The lowest BCUT2D eigenvalue weighted by molar-refractivity contribution is -0.116. The fourth-order valence-corrected chi connectivity index (χ4v) is 2.79. The average Bonchev–Trinajstić information content (AvgIpc) is 2.44. The molecule has 0 heterocycles. The Morgan fingerprint density at radius 3 is 2.40 bits per heavy atom. The van der Waals surface area contributed by atoms with E-state index in [2.05, 4.69) is 0 Å². The molecule has 0 N–H and O–H groups in total. The van der Waals surface area contributed by atoms with Crippen LogP contribution >= 0.6 is 11.6 Å². The highest BCUT2D eigenvalue weighted by molar-refractivity contribution is 6.64. The Morgan fingerprint density at radius 2 is 2.10 bits per heavy atom. The van der Waals surface area contributed by atoms with Gasteiger partial charge in [0, 0.05) is 5.92 Å². The second kappa shape index (κ2) is 2.23. The molecule has 0 amide bonds. The highest BCUT2D eigenvalue weighted by Crippen LogP contribution is 2.48. The number of fused-ring (bicyclic) bond motifs is 2. The first kappa shape index (κ1) is 6.66. The van der Waals surface area contributed by atoms with Crippen molar-refractivity contribution in [2.24, 2.45) is 17.8 Å². The van der Waals surface area contributed by atoms with Gasteiger partial charge in [-0.1, -0.05) is 6.42 Å². The number of carbonyl (C=O) groups excluding carboxylic acids is 1. The van der Waals surface area contributed by atoms with Gasteiger partial charge in [0.25, 0.3) is 0 Å². The van der Waals surface area contributed by atoms with Gasteiger partial charge in [0.1, 0.15) is 0 Å². The molecule has 2 heteroatoms. The third kappa shape index (κ3) is 0.878. The van der Waals surface area contributed by atoms with Crippen LogP contribution < -0.4 is 0 Å². The van der Waals surface area contributed by atoms with E-state index in [0.717, 1.165) is 12.3 Å². The second-order valence-electron chi connectivity index (χ2n) is 3.59. The van der Waals surface area contributed by atoms with Crippen molar-refractivity contribution in [3.63, 3.8) is 0 Å². The van der Waals surface area contributed by atoms with Crippen molar-refractivity contribution < 1.29 is 4.79 Å². The SMILES string of the molecule is O=C(Cl)[C@@H]1C[C@H]2CC[C@@H]1C2. The molecule has 0 aromatic rings. The van der Waals surface area contributed by atoms with Crippen LogP contribution in [0.2, 0.25) is 0 Å². The lowest BCUT2D eigenvalue weighted by Gasteiger charge is -2.16. The highest BCUT2D eigenvalue weighted by atomic mass is 35.5. The molecular weight excluding hydrogens is 148 g/mol. The minimum atomic E-state index is -0.0906. The fourth-order valence-electron chi connectivity index (χ4n) is 2.52. The highest BCUT2D eigenvalue weighted by Gasteiger charge is 2.42. The van der Waals surface area contributed by atoms with Crippen LogP contribution in [0.15, 0.2) is 0 Å². The van der Waals surface area contributed by atoms with Gasteiger partial charge < -0.3 is 0 Å². The molecule has 0 saturated heterocycles. The van der Waals surface area contributed by atoms with Gasteiger partial charge in [-0.2, -0.15) is 0 Å². The third-order valence-electron chi connectivity index (χ3n) is 3.03. The van der Waals surface area contributed by atoms with Gasteiger partial charge in [-0.3, -0.25) is 4.79 Å². The van der Waals surface area contributed by atoms with Crippen LogP contribution in [0, 0.1) is 17.8 Å². The van der Waals surface area contributed by atoms with Crippen molar-refractivity contribution in [1.29, 1.82) is 0 Å². The van der Waals surface area contributed by atoms with E-state index in [-0.39, 0.29) is 11.2 Å². The van der Waals surface area contributed by atoms with E-state index in [4.69, 9.17) is 11.6 Å². The molecule has 3 atom stereocenters. The van der Waals surface area contributed by atoms with Gasteiger partial charge in [-0.15, -0.1) is 0 Å². The standard InChI is InChI=1S/C8H11ClO/c9-8(10)7-4-5-1-2-6(7)3-5/h5-7H,1-4H2/t5-,6+,7+/m0/s1. The normalized spacial score (nSPS) is 44.3. The predicted octanol–water partition coefficient (Wildman–Crippen LogP) is 2.19. The molecule has 0 spiro atoms. The van der Waals surface area contributed by atoms with Crippen LogP contribution in [0.1, 0.15) is 25.7 Å². The van der Waals surface area contributed by atoms with Crippen LogP contribution in [-0.2, 0) is 4.79 Å². The van der Waals surface area contributed by atoms with Gasteiger partial charge in [0.2, 0.25) is 5.24 Å². The number of hydrogen-bond donors (Lipinski definition) is 0. The van der Waals surface area contributed by atoms with Gasteiger partial charge >= 0.3 is 0 Å². The number of halogens is 1. The van der Waals surface area contributed by atoms with Gasteiger partial charge in [-0.25, -0.2) is 0 Å². The summed E-state index contributed by atoms with van der Waals surface area (Å²) in [6, 6.07) is 0. The van der Waals surface area contributed by atoms with Gasteiger partial charge in [0.15, 0.2) is 0 Å². The Morgan fingerprint density at radius 1 is 1.30 bits per heavy atom. The summed E-state index contributed by atoms with van der Waals surface area (Å²) in [6.07, 6.45) is 4.93. The first-order chi connectivity index (χ1) is 4.77. The quantitative estimate of drug-likeness (QED) is 0.535. The zero-order valence-corrected chi connectivity index (χ0v) is 6.60. The van der Waals surface area contributed by atoms with E-state index >= 15 is 0 Å². The minimum Gasteiger partial charge on any atom is -0.281 e. The Balaban J connectivity index is 2.08. The maximum Gasteiger partial charge on any atom is 0.225 e. The average molecular weight is 159 g/mol. The summed E-state index contributed by atoms with van der Waals surface area (Å²) in [7, 11) is 0.